The van der Waals surface area contributed by atoms with E-state index < -0.39 is 34.1 Å². The average Bonchev–Trinajstić information content (AvgIpc) is 2.27. The van der Waals surface area contributed by atoms with Crippen LogP contribution in [0.2, 0.25) is 0 Å². The molecule has 0 aromatic heterocycles. The first-order chi connectivity index (χ1) is 8.02. The Balaban J connectivity index is 3.57. The summed E-state index contributed by atoms with van der Waals surface area (Å²) in [5, 5.41) is 17.2. The monoisotopic (exact) mass is 257 g/mol. The second-order valence-corrected chi connectivity index (χ2v) is 4.49. The molecule has 0 aliphatic heterocycles. The number of hydrogen-bond donors (Lipinski definition) is 0. The summed E-state index contributed by atoms with van der Waals surface area (Å²) in [4.78, 5) is 0.144. The second-order valence-electron chi connectivity index (χ2n) is 2.92. The molecule has 0 fully saturated rings. The Hall–Kier alpha value is -1.86. The van der Waals surface area contributed by atoms with Crippen molar-refractivity contribution in [1.29, 1.82) is 10.5 Å². The molecule has 0 heterocycles. The lowest BCUT2D eigenvalue weighted by molar-refractivity contribution is 0.145. The molecule has 1 aromatic carbocycles. The largest absolute Gasteiger partial charge is 0.267 e. The Labute approximate surface area is 98.2 Å². The van der Waals surface area contributed by atoms with Crippen LogP contribution in [0.25, 0.3) is 0 Å². The Morgan fingerprint density at radius 2 is 2.00 bits per heavy atom. The lowest BCUT2D eigenvalue weighted by Crippen LogP contribution is -2.02. The van der Waals surface area contributed by atoms with Crippen LogP contribution in [-0.4, -0.2) is 6.26 Å². The Morgan fingerprint density at radius 1 is 1.35 bits per heavy atom. The van der Waals surface area contributed by atoms with Crippen LogP contribution >= 0.6 is 0 Å². The molecule has 0 bridgehead atoms. The van der Waals surface area contributed by atoms with Gasteiger partial charge in [0.1, 0.15) is 11.9 Å². The van der Waals surface area contributed by atoms with Crippen molar-refractivity contribution in [3.8, 4) is 12.3 Å². The van der Waals surface area contributed by atoms with Crippen molar-refractivity contribution in [2.24, 2.45) is 4.36 Å². The van der Waals surface area contributed by atoms with E-state index in [1.54, 1.807) is 6.07 Å². The first-order valence-electron chi connectivity index (χ1n) is 4.29. The van der Waals surface area contributed by atoms with Gasteiger partial charge < -0.3 is 0 Å². The summed E-state index contributed by atoms with van der Waals surface area (Å²) >= 11 is 0. The van der Waals surface area contributed by atoms with Gasteiger partial charge in [0.05, 0.1) is 11.1 Å². The topological polar surface area (TPSA) is 59.9 Å². The molecular formula is C10H6F3N3S. The van der Waals surface area contributed by atoms with Gasteiger partial charge >= 0.3 is 0 Å². The van der Waals surface area contributed by atoms with Gasteiger partial charge in [-0.3, -0.25) is 0 Å². The Morgan fingerprint density at radius 3 is 2.47 bits per heavy atom. The first-order valence-corrected chi connectivity index (χ1v) is 5.88. The van der Waals surface area contributed by atoms with Crippen LogP contribution in [0.5, 0.6) is 0 Å². The van der Waals surface area contributed by atoms with Crippen molar-refractivity contribution in [2.45, 2.75) is 11.3 Å². The normalized spacial score (nSPS) is 12.2. The van der Waals surface area contributed by atoms with E-state index >= 15 is 0 Å². The summed E-state index contributed by atoms with van der Waals surface area (Å²) in [6.07, 6.45) is -0.0601. The number of benzene rings is 1. The molecule has 88 valence electrons. The van der Waals surface area contributed by atoms with Crippen LogP contribution in [0.3, 0.4) is 0 Å². The van der Waals surface area contributed by atoms with Crippen molar-refractivity contribution in [3.63, 3.8) is 0 Å². The quantitative estimate of drug-likeness (QED) is 0.765. The number of halogens is 3. The summed E-state index contributed by atoms with van der Waals surface area (Å²) < 4.78 is 41.9. The lowest BCUT2D eigenvalue weighted by Gasteiger charge is -2.09. The van der Waals surface area contributed by atoms with Crippen molar-refractivity contribution in [3.05, 3.63) is 29.1 Å². The lowest BCUT2D eigenvalue weighted by atomic mass is 10.1. The maximum Gasteiger partial charge on any atom is 0.267 e. The van der Waals surface area contributed by atoms with Gasteiger partial charge in [0.25, 0.3) is 6.43 Å². The third-order valence-electron chi connectivity index (χ3n) is 1.98. The van der Waals surface area contributed by atoms with Gasteiger partial charge in [0, 0.05) is 4.90 Å². The van der Waals surface area contributed by atoms with Gasteiger partial charge in [-0.25, -0.2) is 13.2 Å². The molecule has 0 amide bonds. The van der Waals surface area contributed by atoms with Crippen molar-refractivity contribution < 1.29 is 13.2 Å². The van der Waals surface area contributed by atoms with Crippen LogP contribution in [0.1, 0.15) is 17.6 Å². The SMILES string of the molecule is CS(=NC#N)c1ccc(F)c(C(F)F)c1C#N. The molecule has 7 heteroatoms. The van der Waals surface area contributed by atoms with E-state index in [4.69, 9.17) is 10.5 Å². The van der Waals surface area contributed by atoms with Gasteiger partial charge in [-0.05, 0) is 18.4 Å². The second kappa shape index (κ2) is 5.46. The number of nitriles is 2. The number of nitrogens with zero attached hydrogens (tertiary/aromatic N) is 3. The predicted octanol–water partition coefficient (Wildman–Crippen LogP) is 2.91. The fraction of sp³-hybridized carbons (Fsp3) is 0.200. The minimum Gasteiger partial charge on any atom is -0.206 e. The standard InChI is InChI=1S/C10H6F3N3S/c1-17(16-5-15)8-3-2-7(11)9(10(12)13)6(8)4-14/h2-3,10H,1H3. The molecule has 1 atom stereocenters. The molecule has 3 nitrogen and oxygen atoms in total. The molecule has 17 heavy (non-hydrogen) atoms. The highest BCUT2D eigenvalue weighted by Gasteiger charge is 2.22. The zero-order valence-electron chi connectivity index (χ0n) is 8.62. The van der Waals surface area contributed by atoms with Gasteiger partial charge in [-0.1, -0.05) is 10.7 Å². The molecule has 0 spiro atoms. The van der Waals surface area contributed by atoms with Crippen molar-refractivity contribution >= 4 is 10.7 Å². The van der Waals surface area contributed by atoms with Crippen LogP contribution in [-0.2, 0) is 10.7 Å². The molecule has 1 rings (SSSR count). The number of rotatable bonds is 2. The van der Waals surface area contributed by atoms with E-state index in [-0.39, 0.29) is 4.90 Å². The Bertz CT molecular complexity index is 555. The van der Waals surface area contributed by atoms with E-state index in [9.17, 15) is 13.2 Å². The van der Waals surface area contributed by atoms with E-state index in [2.05, 4.69) is 4.36 Å². The van der Waals surface area contributed by atoms with Crippen LogP contribution in [0.15, 0.2) is 21.4 Å². The summed E-state index contributed by atoms with van der Waals surface area (Å²) in [7, 11) is -1.04. The average molecular weight is 257 g/mol. The summed E-state index contributed by atoms with van der Waals surface area (Å²) in [5.41, 5.74) is -1.37. The smallest absolute Gasteiger partial charge is 0.206 e. The highest BCUT2D eigenvalue weighted by molar-refractivity contribution is 7.86. The van der Waals surface area contributed by atoms with Crippen LogP contribution < -0.4 is 0 Å². The molecule has 0 N–H and O–H groups in total. The molecule has 1 unspecified atom stereocenters. The zero-order valence-corrected chi connectivity index (χ0v) is 9.43. The highest BCUT2D eigenvalue weighted by Crippen LogP contribution is 2.29. The van der Waals surface area contributed by atoms with E-state index in [0.29, 0.717) is 0 Å². The molecule has 0 saturated heterocycles. The van der Waals surface area contributed by atoms with Gasteiger partial charge in [-0.2, -0.15) is 10.5 Å². The van der Waals surface area contributed by atoms with Crippen LogP contribution in [0.4, 0.5) is 13.2 Å². The minimum absolute atomic E-state index is 0.144. The summed E-state index contributed by atoms with van der Waals surface area (Å²) in [5.74, 6) is -1.13. The number of alkyl halides is 2. The summed E-state index contributed by atoms with van der Waals surface area (Å²) in [6, 6.07) is 3.60. The predicted molar refractivity (Wildman–Crippen MR) is 55.7 cm³/mol. The highest BCUT2D eigenvalue weighted by atomic mass is 32.2. The van der Waals surface area contributed by atoms with Gasteiger partial charge in [0.15, 0.2) is 0 Å². The molecular weight excluding hydrogens is 251 g/mol. The fourth-order valence-corrected chi connectivity index (χ4v) is 2.20. The van der Waals surface area contributed by atoms with E-state index in [1.165, 1.54) is 18.5 Å². The maximum atomic E-state index is 13.2. The van der Waals surface area contributed by atoms with Gasteiger partial charge in [0.2, 0.25) is 6.19 Å². The molecule has 0 saturated carbocycles. The molecule has 0 radical (unpaired) electrons. The van der Waals surface area contributed by atoms with E-state index in [0.717, 1.165) is 6.07 Å². The number of hydrogen-bond acceptors (Lipinski definition) is 3. The first kappa shape index (κ1) is 13.2. The maximum absolute atomic E-state index is 13.2. The molecule has 1 aromatic rings. The molecule has 0 aliphatic carbocycles. The summed E-state index contributed by atoms with van der Waals surface area (Å²) in [6.45, 7) is 0. The van der Waals surface area contributed by atoms with E-state index in [1.807, 2.05) is 0 Å². The third kappa shape index (κ3) is 2.63. The third-order valence-corrected chi connectivity index (χ3v) is 3.31. The van der Waals surface area contributed by atoms with Crippen LogP contribution in [0, 0.1) is 28.6 Å². The molecule has 0 aliphatic rings. The minimum atomic E-state index is -3.08. The van der Waals surface area contributed by atoms with Crippen molar-refractivity contribution in [1.82, 2.24) is 0 Å². The Kier molecular flexibility index (Phi) is 4.24. The zero-order chi connectivity index (χ0) is 13.0. The van der Waals surface area contributed by atoms with Crippen molar-refractivity contribution in [2.75, 3.05) is 6.26 Å². The van der Waals surface area contributed by atoms with Gasteiger partial charge in [-0.15, -0.1) is 4.36 Å². The fourth-order valence-electron chi connectivity index (χ4n) is 1.26.